The van der Waals surface area contributed by atoms with Gasteiger partial charge >= 0.3 is 18.0 Å². The Kier molecular flexibility index (Phi) is 5.56. The highest BCUT2D eigenvalue weighted by Crippen LogP contribution is 2.33. The second-order valence-electron chi connectivity index (χ2n) is 7.93. The van der Waals surface area contributed by atoms with Crippen LogP contribution in [0, 0.1) is 5.82 Å². The minimum Gasteiger partial charge on any atom is -0.478 e. The van der Waals surface area contributed by atoms with Crippen molar-refractivity contribution in [3.63, 3.8) is 0 Å². The first-order chi connectivity index (χ1) is 14.0. The van der Waals surface area contributed by atoms with Crippen LogP contribution in [-0.2, 0) is 22.6 Å². The average Bonchev–Trinajstić information content (AvgIpc) is 3.04. The van der Waals surface area contributed by atoms with Crippen molar-refractivity contribution >= 4 is 18.0 Å². The molecule has 1 aliphatic heterocycles. The number of esters is 1. The number of nitrogens with zero attached hydrogens (tertiary/aromatic N) is 2. The molecule has 0 spiro atoms. The van der Waals surface area contributed by atoms with Crippen LogP contribution in [-0.4, -0.2) is 51.9 Å². The van der Waals surface area contributed by atoms with Crippen LogP contribution in [0.1, 0.15) is 47.2 Å². The van der Waals surface area contributed by atoms with Gasteiger partial charge in [-0.2, -0.15) is 0 Å². The number of fused-ring (bicyclic) bond motifs is 1. The predicted octanol–water partition coefficient (Wildman–Crippen LogP) is 3.53. The van der Waals surface area contributed by atoms with Gasteiger partial charge in [0.05, 0.1) is 36.2 Å². The maximum atomic E-state index is 13.9. The number of benzene rings is 1. The van der Waals surface area contributed by atoms with Crippen molar-refractivity contribution in [1.29, 1.82) is 0 Å². The number of hydrogen-bond acceptors (Lipinski definition) is 5. The molecule has 0 saturated heterocycles. The highest BCUT2D eigenvalue weighted by molar-refractivity contribution is 5.98. The zero-order valence-electron chi connectivity index (χ0n) is 17.2. The molecule has 3 rings (SSSR count). The number of aromatic nitrogens is 1. The summed E-state index contributed by atoms with van der Waals surface area (Å²) in [5.74, 6) is -2.45. The summed E-state index contributed by atoms with van der Waals surface area (Å²) in [5.41, 5.74) is 0.388. The third kappa shape index (κ3) is 4.14. The second-order valence-corrected chi connectivity index (χ2v) is 7.93. The first-order valence-corrected chi connectivity index (χ1v) is 9.33. The van der Waals surface area contributed by atoms with E-state index in [-0.39, 0.29) is 36.3 Å². The molecule has 0 unspecified atom stereocenters. The Balaban J connectivity index is 2.09. The zero-order valence-corrected chi connectivity index (χ0v) is 17.2. The molecule has 30 heavy (non-hydrogen) atoms. The van der Waals surface area contributed by atoms with Crippen LogP contribution < -0.4 is 0 Å². The minimum absolute atomic E-state index is 0.0665. The average molecular weight is 418 g/mol. The van der Waals surface area contributed by atoms with Gasteiger partial charge in [-0.3, -0.25) is 0 Å². The van der Waals surface area contributed by atoms with Crippen LogP contribution in [0.4, 0.5) is 9.18 Å². The minimum atomic E-state index is -1.22. The summed E-state index contributed by atoms with van der Waals surface area (Å²) in [6.07, 6.45) is -0.524. The Morgan fingerprint density at radius 3 is 2.40 bits per heavy atom. The number of carbonyl (C=O) groups excluding carboxylic acids is 2. The van der Waals surface area contributed by atoms with Gasteiger partial charge in [-0.15, -0.1) is 0 Å². The maximum absolute atomic E-state index is 13.9. The van der Waals surface area contributed by atoms with Crippen LogP contribution in [0.25, 0.3) is 11.3 Å². The van der Waals surface area contributed by atoms with E-state index in [1.165, 1.54) is 24.1 Å². The Hall–Kier alpha value is -3.36. The molecule has 9 heteroatoms. The highest BCUT2D eigenvalue weighted by Gasteiger charge is 2.32. The number of aromatic carboxylic acids is 1. The summed E-state index contributed by atoms with van der Waals surface area (Å²) < 4.78 is 25.9. The van der Waals surface area contributed by atoms with E-state index in [0.717, 1.165) is 12.1 Å². The number of methoxy groups -OCH3 is 1. The van der Waals surface area contributed by atoms with Gasteiger partial charge in [0, 0.05) is 18.7 Å². The number of halogens is 1. The van der Waals surface area contributed by atoms with E-state index >= 15 is 0 Å². The van der Waals surface area contributed by atoms with E-state index in [1.54, 1.807) is 25.3 Å². The van der Waals surface area contributed by atoms with Gasteiger partial charge in [0.1, 0.15) is 11.4 Å². The molecule has 1 aromatic carbocycles. The van der Waals surface area contributed by atoms with Crippen LogP contribution >= 0.6 is 0 Å². The standard InChI is InChI=1S/C21H23FN2O6/c1-21(2,3)30-20(28)23-7-8-24-16(10-15(17(24)11-23)19(27)29-4)14-9-12(22)5-6-13(14)18(25)26/h5-6,9-10H,7-8,11H2,1-4H3,(H,25,26). The Morgan fingerprint density at radius 1 is 1.10 bits per heavy atom. The first-order valence-electron chi connectivity index (χ1n) is 9.33. The first kappa shape index (κ1) is 21.4. The lowest BCUT2D eigenvalue weighted by molar-refractivity contribution is 0.0196. The van der Waals surface area contributed by atoms with Gasteiger partial charge in [-0.1, -0.05) is 0 Å². The summed E-state index contributed by atoms with van der Waals surface area (Å²) in [7, 11) is 1.23. The Labute approximate surface area is 172 Å². The number of hydrogen-bond donors (Lipinski definition) is 1. The van der Waals surface area contributed by atoms with Crippen LogP contribution in [0.2, 0.25) is 0 Å². The molecule has 0 bridgehead atoms. The van der Waals surface area contributed by atoms with E-state index < -0.39 is 29.5 Å². The van der Waals surface area contributed by atoms with Gasteiger partial charge in [0.25, 0.3) is 0 Å². The molecule has 0 atom stereocenters. The molecule has 2 heterocycles. The molecule has 1 N–H and O–H groups in total. The van der Waals surface area contributed by atoms with E-state index in [2.05, 4.69) is 0 Å². The fourth-order valence-corrected chi connectivity index (χ4v) is 3.40. The van der Waals surface area contributed by atoms with Crippen LogP contribution in [0.15, 0.2) is 24.3 Å². The molecule has 1 amide bonds. The van der Waals surface area contributed by atoms with E-state index in [1.807, 2.05) is 0 Å². The quantitative estimate of drug-likeness (QED) is 0.766. The number of ether oxygens (including phenoxy) is 2. The molecule has 0 aliphatic carbocycles. The van der Waals surface area contributed by atoms with E-state index in [4.69, 9.17) is 9.47 Å². The summed E-state index contributed by atoms with van der Waals surface area (Å²) in [4.78, 5) is 38.0. The van der Waals surface area contributed by atoms with Crippen LogP contribution in [0.5, 0.6) is 0 Å². The van der Waals surface area contributed by atoms with Crippen molar-refractivity contribution in [2.24, 2.45) is 0 Å². The normalized spacial score (nSPS) is 13.6. The number of carboxylic acid groups (broad SMARTS) is 1. The molecule has 0 radical (unpaired) electrons. The molecule has 1 aromatic heterocycles. The third-order valence-corrected chi connectivity index (χ3v) is 4.69. The smallest absolute Gasteiger partial charge is 0.410 e. The molecular weight excluding hydrogens is 395 g/mol. The monoisotopic (exact) mass is 418 g/mol. The lowest BCUT2D eigenvalue weighted by Gasteiger charge is -2.32. The summed E-state index contributed by atoms with van der Waals surface area (Å²) in [6.45, 7) is 5.89. The van der Waals surface area contributed by atoms with Gasteiger partial charge in [0.15, 0.2) is 0 Å². The summed E-state index contributed by atoms with van der Waals surface area (Å²) in [5, 5.41) is 9.51. The Morgan fingerprint density at radius 2 is 1.80 bits per heavy atom. The van der Waals surface area contributed by atoms with Crippen molar-refractivity contribution in [3.8, 4) is 11.3 Å². The van der Waals surface area contributed by atoms with Gasteiger partial charge in [-0.05, 0) is 45.0 Å². The number of carbonyl (C=O) groups is 3. The summed E-state index contributed by atoms with van der Waals surface area (Å²) >= 11 is 0. The van der Waals surface area contributed by atoms with Gasteiger partial charge in [0.2, 0.25) is 0 Å². The molecular formula is C21H23FN2O6. The lowest BCUT2D eigenvalue weighted by atomic mass is 10.0. The van der Waals surface area contributed by atoms with E-state index in [9.17, 15) is 23.9 Å². The van der Waals surface area contributed by atoms with Gasteiger partial charge < -0.3 is 24.0 Å². The molecule has 160 valence electrons. The molecule has 1 aliphatic rings. The van der Waals surface area contributed by atoms with Gasteiger partial charge in [-0.25, -0.2) is 18.8 Å². The molecule has 2 aromatic rings. The van der Waals surface area contributed by atoms with Crippen molar-refractivity contribution < 1.29 is 33.4 Å². The predicted molar refractivity (Wildman–Crippen MR) is 105 cm³/mol. The van der Waals surface area contributed by atoms with Crippen molar-refractivity contribution in [1.82, 2.24) is 9.47 Å². The Bertz CT molecular complexity index is 1020. The van der Waals surface area contributed by atoms with Crippen LogP contribution in [0.3, 0.4) is 0 Å². The second kappa shape index (κ2) is 7.81. The zero-order chi connectivity index (χ0) is 22.2. The van der Waals surface area contributed by atoms with Crippen molar-refractivity contribution in [3.05, 3.63) is 46.9 Å². The van der Waals surface area contributed by atoms with Crippen molar-refractivity contribution in [2.45, 2.75) is 39.5 Å². The third-order valence-electron chi connectivity index (χ3n) is 4.69. The molecule has 0 saturated carbocycles. The topological polar surface area (TPSA) is 98.1 Å². The molecule has 0 fully saturated rings. The fourth-order valence-electron chi connectivity index (χ4n) is 3.40. The summed E-state index contributed by atoms with van der Waals surface area (Å²) in [6, 6.07) is 4.84. The van der Waals surface area contributed by atoms with Crippen molar-refractivity contribution in [2.75, 3.05) is 13.7 Å². The van der Waals surface area contributed by atoms with E-state index in [0.29, 0.717) is 11.4 Å². The fraction of sp³-hybridized carbons (Fsp3) is 0.381. The molecule has 8 nitrogen and oxygen atoms in total. The SMILES string of the molecule is COC(=O)c1cc(-c2cc(F)ccc2C(=O)O)n2c1CN(C(=O)OC(C)(C)C)CC2. The highest BCUT2D eigenvalue weighted by atomic mass is 19.1. The largest absolute Gasteiger partial charge is 0.478 e. The maximum Gasteiger partial charge on any atom is 0.410 e. The number of amides is 1. The number of carboxylic acids is 1. The number of rotatable bonds is 3. The lowest BCUT2D eigenvalue weighted by Crippen LogP contribution is -2.41.